The summed E-state index contributed by atoms with van der Waals surface area (Å²) in [6.07, 6.45) is 2.13. The molecule has 2 aromatic carbocycles. The monoisotopic (exact) mass is 456 g/mol. The lowest BCUT2D eigenvalue weighted by molar-refractivity contribution is -0.129. The quantitative estimate of drug-likeness (QED) is 0.491. The number of piperidine rings is 1. The Balaban J connectivity index is 1.62. The zero-order valence-electron chi connectivity index (χ0n) is 17.6. The lowest BCUT2D eigenvalue weighted by Gasteiger charge is -2.30. The van der Waals surface area contributed by atoms with E-state index in [9.17, 15) is 4.79 Å². The standard InChI is InChI=1S/C23H25ClN4O2S/c1-16-11-13-27(14-12-16)21(29)15-31-23-26-25-22(19-5-3-4-6-20(19)24)28(23)17-7-9-18(30-2)10-8-17/h3-10,16H,11-15H2,1-2H3. The zero-order chi connectivity index (χ0) is 21.8. The third-order valence-corrected chi connectivity index (χ3v) is 6.78. The largest absolute Gasteiger partial charge is 0.497 e. The molecule has 4 rings (SSSR count). The summed E-state index contributed by atoms with van der Waals surface area (Å²) in [6.45, 7) is 3.90. The average molecular weight is 457 g/mol. The first-order chi connectivity index (χ1) is 15.1. The number of amides is 1. The van der Waals surface area contributed by atoms with Crippen LogP contribution in [0.2, 0.25) is 5.02 Å². The first kappa shape index (κ1) is 21.7. The Labute approximate surface area is 191 Å². The first-order valence-corrected chi connectivity index (χ1v) is 11.7. The van der Waals surface area contributed by atoms with Crippen LogP contribution in [0.15, 0.2) is 53.7 Å². The maximum atomic E-state index is 12.8. The number of aromatic nitrogens is 3. The summed E-state index contributed by atoms with van der Waals surface area (Å²) in [6, 6.07) is 15.2. The highest BCUT2D eigenvalue weighted by atomic mass is 35.5. The molecule has 0 saturated carbocycles. The number of hydrogen-bond acceptors (Lipinski definition) is 5. The van der Waals surface area contributed by atoms with Crippen molar-refractivity contribution in [2.24, 2.45) is 5.92 Å². The fraction of sp³-hybridized carbons (Fsp3) is 0.348. The van der Waals surface area contributed by atoms with Gasteiger partial charge in [0, 0.05) is 24.3 Å². The summed E-state index contributed by atoms with van der Waals surface area (Å²) in [5, 5.41) is 10.1. The van der Waals surface area contributed by atoms with Crippen LogP contribution in [0.5, 0.6) is 5.75 Å². The predicted molar refractivity (Wildman–Crippen MR) is 124 cm³/mol. The second-order valence-electron chi connectivity index (χ2n) is 7.67. The van der Waals surface area contributed by atoms with Crippen molar-refractivity contribution < 1.29 is 9.53 Å². The van der Waals surface area contributed by atoms with Crippen LogP contribution in [-0.4, -0.2) is 51.5 Å². The fourth-order valence-corrected chi connectivity index (χ4v) is 4.69. The molecule has 8 heteroatoms. The van der Waals surface area contributed by atoms with Gasteiger partial charge >= 0.3 is 0 Å². The molecule has 3 aromatic rings. The van der Waals surface area contributed by atoms with E-state index in [1.807, 2.05) is 58.0 Å². The lowest BCUT2D eigenvalue weighted by atomic mass is 9.99. The molecule has 31 heavy (non-hydrogen) atoms. The van der Waals surface area contributed by atoms with Crippen LogP contribution in [-0.2, 0) is 4.79 Å². The molecular formula is C23H25ClN4O2S. The van der Waals surface area contributed by atoms with Crippen LogP contribution in [0.1, 0.15) is 19.8 Å². The molecular weight excluding hydrogens is 432 g/mol. The van der Waals surface area contributed by atoms with Gasteiger partial charge in [-0.3, -0.25) is 9.36 Å². The van der Waals surface area contributed by atoms with Crippen LogP contribution in [0.25, 0.3) is 17.1 Å². The van der Waals surface area contributed by atoms with Crippen LogP contribution >= 0.6 is 23.4 Å². The summed E-state index contributed by atoms with van der Waals surface area (Å²) in [5.74, 6) is 2.55. The number of hydrogen-bond donors (Lipinski definition) is 0. The Morgan fingerprint density at radius 2 is 1.84 bits per heavy atom. The van der Waals surface area contributed by atoms with Crippen molar-refractivity contribution in [3.8, 4) is 22.8 Å². The van der Waals surface area contributed by atoms with Gasteiger partial charge in [0.2, 0.25) is 5.91 Å². The van der Waals surface area contributed by atoms with Gasteiger partial charge in [0.05, 0.1) is 17.9 Å². The highest BCUT2D eigenvalue weighted by Gasteiger charge is 2.23. The number of methoxy groups -OCH3 is 1. The van der Waals surface area contributed by atoms with Crippen molar-refractivity contribution in [3.63, 3.8) is 0 Å². The maximum Gasteiger partial charge on any atom is 0.233 e. The molecule has 1 amide bonds. The van der Waals surface area contributed by atoms with E-state index in [2.05, 4.69) is 17.1 Å². The Bertz CT molecular complexity index is 1050. The van der Waals surface area contributed by atoms with Crippen molar-refractivity contribution in [2.45, 2.75) is 24.9 Å². The van der Waals surface area contributed by atoms with Gasteiger partial charge in [0.15, 0.2) is 11.0 Å². The topological polar surface area (TPSA) is 60.2 Å². The van der Waals surface area contributed by atoms with Gasteiger partial charge in [-0.2, -0.15) is 0 Å². The number of halogens is 1. The van der Waals surface area contributed by atoms with E-state index in [1.54, 1.807) is 7.11 Å². The first-order valence-electron chi connectivity index (χ1n) is 10.3. The van der Waals surface area contributed by atoms with Gasteiger partial charge < -0.3 is 9.64 Å². The second kappa shape index (κ2) is 9.75. The minimum atomic E-state index is 0.139. The van der Waals surface area contributed by atoms with Gasteiger partial charge in [-0.25, -0.2) is 0 Å². The molecule has 1 aromatic heterocycles. The highest BCUT2D eigenvalue weighted by molar-refractivity contribution is 7.99. The minimum absolute atomic E-state index is 0.139. The van der Waals surface area contributed by atoms with Crippen molar-refractivity contribution in [1.29, 1.82) is 0 Å². The van der Waals surface area contributed by atoms with E-state index in [-0.39, 0.29) is 5.91 Å². The van der Waals surface area contributed by atoms with Crippen LogP contribution in [0.3, 0.4) is 0 Å². The van der Waals surface area contributed by atoms with Crippen molar-refractivity contribution in [3.05, 3.63) is 53.6 Å². The molecule has 0 N–H and O–H groups in total. The number of likely N-dealkylation sites (tertiary alicyclic amines) is 1. The fourth-order valence-electron chi connectivity index (χ4n) is 3.62. The Morgan fingerprint density at radius 1 is 1.13 bits per heavy atom. The number of ether oxygens (including phenoxy) is 1. The number of carbonyl (C=O) groups is 1. The summed E-state index contributed by atoms with van der Waals surface area (Å²) < 4.78 is 7.23. The molecule has 0 bridgehead atoms. The molecule has 2 heterocycles. The van der Waals surface area contributed by atoms with Gasteiger partial charge in [-0.15, -0.1) is 10.2 Å². The van der Waals surface area contributed by atoms with E-state index in [0.717, 1.165) is 42.9 Å². The van der Waals surface area contributed by atoms with Crippen LogP contribution < -0.4 is 4.74 Å². The van der Waals surface area contributed by atoms with Crippen LogP contribution in [0, 0.1) is 5.92 Å². The van der Waals surface area contributed by atoms with Gasteiger partial charge in [-0.1, -0.05) is 42.4 Å². The second-order valence-corrected chi connectivity index (χ2v) is 9.02. The third-order valence-electron chi connectivity index (χ3n) is 5.54. The van der Waals surface area contributed by atoms with Gasteiger partial charge in [0.25, 0.3) is 0 Å². The highest BCUT2D eigenvalue weighted by Crippen LogP contribution is 2.32. The van der Waals surface area contributed by atoms with E-state index >= 15 is 0 Å². The van der Waals surface area contributed by atoms with E-state index in [4.69, 9.17) is 16.3 Å². The number of rotatable bonds is 6. The van der Waals surface area contributed by atoms with Crippen LogP contribution in [0.4, 0.5) is 0 Å². The molecule has 162 valence electrons. The molecule has 0 unspecified atom stereocenters. The normalized spacial score (nSPS) is 14.6. The molecule has 0 aliphatic carbocycles. The van der Waals surface area contributed by atoms with Gasteiger partial charge in [-0.05, 0) is 55.2 Å². The lowest BCUT2D eigenvalue weighted by Crippen LogP contribution is -2.38. The maximum absolute atomic E-state index is 12.8. The molecule has 0 radical (unpaired) electrons. The minimum Gasteiger partial charge on any atom is -0.497 e. The van der Waals surface area contributed by atoms with Gasteiger partial charge in [0.1, 0.15) is 5.75 Å². The van der Waals surface area contributed by atoms with E-state index < -0.39 is 0 Å². The average Bonchev–Trinajstić information content (AvgIpc) is 3.22. The number of carbonyl (C=O) groups excluding carboxylic acids is 1. The Hall–Kier alpha value is -2.51. The van der Waals surface area contributed by atoms with E-state index in [0.29, 0.717) is 27.7 Å². The SMILES string of the molecule is COc1ccc(-n2c(SCC(=O)N3CCC(C)CC3)nnc2-c2ccccc2Cl)cc1. The van der Waals surface area contributed by atoms with Crippen molar-refractivity contribution in [2.75, 3.05) is 26.0 Å². The molecule has 1 aliphatic heterocycles. The third kappa shape index (κ3) is 4.88. The summed E-state index contributed by atoms with van der Waals surface area (Å²) in [5.41, 5.74) is 1.66. The summed E-state index contributed by atoms with van der Waals surface area (Å²) in [4.78, 5) is 14.7. The molecule has 1 saturated heterocycles. The molecule has 6 nitrogen and oxygen atoms in total. The van der Waals surface area contributed by atoms with Crippen molar-refractivity contribution in [1.82, 2.24) is 19.7 Å². The molecule has 1 aliphatic rings. The molecule has 0 spiro atoms. The zero-order valence-corrected chi connectivity index (χ0v) is 19.2. The Kier molecular flexibility index (Phi) is 6.83. The predicted octanol–water partition coefficient (Wildman–Crippen LogP) is 4.95. The number of benzene rings is 2. The van der Waals surface area contributed by atoms with Crippen molar-refractivity contribution >= 4 is 29.3 Å². The summed E-state index contributed by atoms with van der Waals surface area (Å²) in [7, 11) is 1.64. The molecule has 0 atom stereocenters. The summed E-state index contributed by atoms with van der Waals surface area (Å²) >= 11 is 7.85. The number of nitrogens with zero attached hydrogens (tertiary/aromatic N) is 4. The van der Waals surface area contributed by atoms with E-state index in [1.165, 1.54) is 11.8 Å². The smallest absolute Gasteiger partial charge is 0.233 e. The molecule has 1 fully saturated rings. The number of thioether (sulfide) groups is 1. The Morgan fingerprint density at radius 3 is 2.52 bits per heavy atom.